The summed E-state index contributed by atoms with van der Waals surface area (Å²) in [6, 6.07) is -0.0370. The topological polar surface area (TPSA) is 102 Å². The minimum absolute atomic E-state index is 0.0370. The van der Waals surface area contributed by atoms with Gasteiger partial charge in [0.2, 0.25) is 5.91 Å². The van der Waals surface area contributed by atoms with Gasteiger partial charge < -0.3 is 20.9 Å². The Morgan fingerprint density at radius 1 is 1.39 bits per heavy atom. The molecule has 0 aliphatic heterocycles. The van der Waals surface area contributed by atoms with Gasteiger partial charge in [0.25, 0.3) is 0 Å². The Labute approximate surface area is 107 Å². The molecule has 6 nitrogen and oxygen atoms in total. The van der Waals surface area contributed by atoms with Gasteiger partial charge in [-0.05, 0) is 25.2 Å². The maximum atomic E-state index is 10.8. The summed E-state index contributed by atoms with van der Waals surface area (Å²) in [6.07, 6.45) is 1.99. The first-order chi connectivity index (χ1) is 8.50. The third kappa shape index (κ3) is 5.01. The van der Waals surface area contributed by atoms with Crippen LogP contribution in [0.25, 0.3) is 0 Å². The maximum Gasteiger partial charge on any atom is 0.306 e. The number of nitrogens with two attached hydrogens (primary N) is 1. The van der Waals surface area contributed by atoms with Crippen molar-refractivity contribution >= 4 is 11.9 Å². The third-order valence-corrected chi connectivity index (χ3v) is 3.35. The summed E-state index contributed by atoms with van der Waals surface area (Å²) in [7, 11) is 0. The molecule has 1 amide bonds. The van der Waals surface area contributed by atoms with E-state index in [-0.39, 0.29) is 23.8 Å². The maximum absolute atomic E-state index is 10.8. The third-order valence-electron chi connectivity index (χ3n) is 3.35. The van der Waals surface area contributed by atoms with Crippen LogP contribution in [0.5, 0.6) is 0 Å². The molecule has 0 heterocycles. The molecule has 0 aromatic rings. The van der Waals surface area contributed by atoms with Crippen molar-refractivity contribution in [1.82, 2.24) is 5.32 Å². The van der Waals surface area contributed by atoms with Crippen LogP contribution in [0.2, 0.25) is 0 Å². The molecule has 0 bridgehead atoms. The van der Waals surface area contributed by atoms with Crippen molar-refractivity contribution in [3.8, 4) is 0 Å². The minimum Gasteiger partial charge on any atom is -0.481 e. The fourth-order valence-electron chi connectivity index (χ4n) is 2.33. The van der Waals surface area contributed by atoms with E-state index in [0.29, 0.717) is 32.6 Å². The van der Waals surface area contributed by atoms with Crippen molar-refractivity contribution in [2.75, 3.05) is 19.8 Å². The quantitative estimate of drug-likeness (QED) is 0.556. The highest BCUT2D eigenvalue weighted by Crippen LogP contribution is 2.32. The van der Waals surface area contributed by atoms with Crippen LogP contribution in [-0.4, -0.2) is 42.8 Å². The molecule has 18 heavy (non-hydrogen) atoms. The zero-order valence-corrected chi connectivity index (χ0v) is 10.7. The van der Waals surface area contributed by atoms with Crippen LogP contribution in [0.3, 0.4) is 0 Å². The average Bonchev–Trinajstić information content (AvgIpc) is 2.65. The molecule has 0 aromatic heterocycles. The van der Waals surface area contributed by atoms with E-state index in [2.05, 4.69) is 5.32 Å². The lowest BCUT2D eigenvalue weighted by Gasteiger charge is -2.14. The Morgan fingerprint density at radius 2 is 2.11 bits per heavy atom. The molecule has 1 fully saturated rings. The highest BCUT2D eigenvalue weighted by atomic mass is 16.5. The van der Waals surface area contributed by atoms with Crippen LogP contribution >= 0.6 is 0 Å². The van der Waals surface area contributed by atoms with Crippen molar-refractivity contribution in [2.24, 2.45) is 17.6 Å². The van der Waals surface area contributed by atoms with Crippen molar-refractivity contribution in [1.29, 1.82) is 0 Å². The number of ether oxygens (including phenoxy) is 1. The lowest BCUT2D eigenvalue weighted by atomic mass is 10.00. The van der Waals surface area contributed by atoms with E-state index in [9.17, 15) is 9.59 Å². The van der Waals surface area contributed by atoms with E-state index < -0.39 is 5.97 Å². The minimum atomic E-state index is -0.750. The molecular weight excluding hydrogens is 236 g/mol. The molecule has 1 saturated carbocycles. The van der Waals surface area contributed by atoms with Crippen molar-refractivity contribution < 1.29 is 19.4 Å². The predicted octanol–water partition coefficient (Wildman–Crippen LogP) is -0.0327. The van der Waals surface area contributed by atoms with Crippen LogP contribution in [0.4, 0.5) is 0 Å². The average molecular weight is 258 g/mol. The number of carbonyl (C=O) groups is 2. The van der Waals surface area contributed by atoms with Gasteiger partial charge >= 0.3 is 5.97 Å². The second-order valence-electron chi connectivity index (χ2n) is 4.81. The number of carboxylic acid groups (broad SMARTS) is 1. The van der Waals surface area contributed by atoms with Gasteiger partial charge in [0, 0.05) is 26.1 Å². The summed E-state index contributed by atoms with van der Waals surface area (Å²) >= 11 is 0. The van der Waals surface area contributed by atoms with Gasteiger partial charge in [-0.2, -0.15) is 0 Å². The van der Waals surface area contributed by atoms with Crippen LogP contribution in [0.15, 0.2) is 0 Å². The van der Waals surface area contributed by atoms with E-state index in [1.165, 1.54) is 6.92 Å². The fourth-order valence-corrected chi connectivity index (χ4v) is 2.33. The van der Waals surface area contributed by atoms with E-state index in [1.54, 1.807) is 0 Å². The van der Waals surface area contributed by atoms with Gasteiger partial charge in [-0.3, -0.25) is 9.59 Å². The van der Waals surface area contributed by atoms with Gasteiger partial charge in [-0.1, -0.05) is 0 Å². The zero-order chi connectivity index (χ0) is 13.5. The summed E-state index contributed by atoms with van der Waals surface area (Å²) in [6.45, 7) is 3.00. The number of aliphatic carboxylic acids is 1. The van der Waals surface area contributed by atoms with E-state index in [1.807, 2.05) is 0 Å². The van der Waals surface area contributed by atoms with E-state index in [4.69, 9.17) is 15.6 Å². The normalized spacial score (nSPS) is 27.1. The largest absolute Gasteiger partial charge is 0.481 e. The molecule has 4 N–H and O–H groups in total. The first-order valence-electron chi connectivity index (χ1n) is 6.31. The van der Waals surface area contributed by atoms with Crippen LogP contribution in [0.1, 0.15) is 26.2 Å². The predicted molar refractivity (Wildman–Crippen MR) is 65.9 cm³/mol. The SMILES string of the molecule is CC(=O)NCCOCC[C@H]1CC(C(=O)O)C[C@@H]1N. The Balaban J connectivity index is 2.09. The number of amides is 1. The summed E-state index contributed by atoms with van der Waals surface area (Å²) in [5, 5.41) is 11.6. The monoisotopic (exact) mass is 258 g/mol. The van der Waals surface area contributed by atoms with Crippen LogP contribution in [0, 0.1) is 11.8 Å². The van der Waals surface area contributed by atoms with E-state index in [0.717, 1.165) is 6.42 Å². The number of hydrogen-bond donors (Lipinski definition) is 3. The molecule has 0 saturated heterocycles. The Kier molecular flexibility index (Phi) is 6.07. The van der Waals surface area contributed by atoms with Gasteiger partial charge in [0.05, 0.1) is 12.5 Å². The summed E-state index contributed by atoms with van der Waals surface area (Å²) in [4.78, 5) is 21.4. The number of rotatable bonds is 7. The Morgan fingerprint density at radius 3 is 2.67 bits per heavy atom. The van der Waals surface area contributed by atoms with Crippen molar-refractivity contribution in [3.63, 3.8) is 0 Å². The first-order valence-corrected chi connectivity index (χ1v) is 6.31. The Bertz CT molecular complexity index is 296. The molecule has 3 atom stereocenters. The number of nitrogens with one attached hydrogen (secondary N) is 1. The van der Waals surface area contributed by atoms with Gasteiger partial charge in [-0.15, -0.1) is 0 Å². The molecule has 6 heteroatoms. The molecule has 0 radical (unpaired) electrons. The number of hydrogen-bond acceptors (Lipinski definition) is 4. The standard InChI is InChI=1S/C12H22N2O4/c1-8(15)14-3-5-18-4-2-9-6-10(12(16)17)7-11(9)13/h9-11H,2-7,13H2,1H3,(H,14,15)(H,16,17)/t9-,10?,11-/m0/s1. The summed E-state index contributed by atoms with van der Waals surface area (Å²) in [5.74, 6) is -0.892. The molecule has 104 valence electrons. The molecule has 1 aliphatic rings. The first kappa shape index (κ1) is 14.9. The van der Waals surface area contributed by atoms with Gasteiger partial charge in [-0.25, -0.2) is 0 Å². The van der Waals surface area contributed by atoms with Crippen LogP contribution < -0.4 is 11.1 Å². The van der Waals surface area contributed by atoms with Crippen LogP contribution in [-0.2, 0) is 14.3 Å². The van der Waals surface area contributed by atoms with Gasteiger partial charge in [0.1, 0.15) is 0 Å². The Hall–Kier alpha value is -1.14. The summed E-state index contributed by atoms with van der Waals surface area (Å²) < 4.78 is 5.37. The van der Waals surface area contributed by atoms with Crippen molar-refractivity contribution in [3.05, 3.63) is 0 Å². The second kappa shape index (κ2) is 7.33. The molecule has 1 unspecified atom stereocenters. The molecule has 1 rings (SSSR count). The lowest BCUT2D eigenvalue weighted by molar-refractivity contribution is -0.141. The smallest absolute Gasteiger partial charge is 0.306 e. The molecule has 0 aromatic carbocycles. The molecule has 1 aliphatic carbocycles. The van der Waals surface area contributed by atoms with Gasteiger partial charge in [0.15, 0.2) is 0 Å². The lowest BCUT2D eigenvalue weighted by Crippen LogP contribution is -2.27. The summed E-state index contributed by atoms with van der Waals surface area (Å²) in [5.41, 5.74) is 5.91. The van der Waals surface area contributed by atoms with Crippen molar-refractivity contribution in [2.45, 2.75) is 32.2 Å². The number of carboxylic acids is 1. The number of carbonyl (C=O) groups excluding carboxylic acids is 1. The highest BCUT2D eigenvalue weighted by molar-refractivity contribution is 5.72. The van der Waals surface area contributed by atoms with E-state index >= 15 is 0 Å². The fraction of sp³-hybridized carbons (Fsp3) is 0.833. The highest BCUT2D eigenvalue weighted by Gasteiger charge is 2.35. The zero-order valence-electron chi connectivity index (χ0n) is 10.7. The molecule has 0 spiro atoms. The molecular formula is C12H22N2O4. The second-order valence-corrected chi connectivity index (χ2v) is 4.81.